The molecular formula is C19H23N3O4S. The summed E-state index contributed by atoms with van der Waals surface area (Å²) in [6, 6.07) is 13.5. The summed E-state index contributed by atoms with van der Waals surface area (Å²) in [6.45, 7) is 0.306. The Labute approximate surface area is 159 Å². The van der Waals surface area contributed by atoms with Crippen LogP contribution in [0.3, 0.4) is 0 Å². The molecule has 0 aliphatic rings. The molecule has 2 rings (SSSR count). The molecule has 144 valence electrons. The zero-order valence-electron chi connectivity index (χ0n) is 15.1. The van der Waals surface area contributed by atoms with Crippen LogP contribution in [0.2, 0.25) is 0 Å². The van der Waals surface area contributed by atoms with E-state index in [0.717, 1.165) is 11.1 Å². The molecule has 0 aliphatic carbocycles. The van der Waals surface area contributed by atoms with Crippen molar-refractivity contribution in [2.75, 3.05) is 13.7 Å². The molecule has 0 saturated carbocycles. The average molecular weight is 389 g/mol. The molecule has 27 heavy (non-hydrogen) atoms. The van der Waals surface area contributed by atoms with Gasteiger partial charge in [-0.05, 0) is 48.2 Å². The molecule has 2 aromatic carbocycles. The first-order valence-electron chi connectivity index (χ1n) is 8.40. The number of amidine groups is 1. The first kappa shape index (κ1) is 20.6. The Morgan fingerprint density at radius 1 is 1.07 bits per heavy atom. The minimum absolute atomic E-state index is 0.107. The van der Waals surface area contributed by atoms with Crippen molar-refractivity contribution in [2.45, 2.75) is 24.2 Å². The van der Waals surface area contributed by atoms with Gasteiger partial charge in [-0.15, -0.1) is 0 Å². The van der Waals surface area contributed by atoms with Gasteiger partial charge in [0.25, 0.3) is 0 Å². The van der Waals surface area contributed by atoms with Gasteiger partial charge in [-0.1, -0.05) is 24.3 Å². The SMILES string of the molecule is COC(=O)Cc1ccc(CCCNS(=O)(=O)c2ccc(C(=N)N)cc2)cc1. The highest BCUT2D eigenvalue weighted by Crippen LogP contribution is 2.11. The van der Waals surface area contributed by atoms with Gasteiger partial charge in [-0.3, -0.25) is 10.2 Å². The Bertz CT molecular complexity index is 892. The van der Waals surface area contributed by atoms with E-state index in [2.05, 4.69) is 9.46 Å². The van der Waals surface area contributed by atoms with Crippen LogP contribution in [0.4, 0.5) is 0 Å². The van der Waals surface area contributed by atoms with Crippen molar-refractivity contribution in [3.8, 4) is 0 Å². The standard InChI is InChI=1S/C19H23N3O4S/c1-26-18(23)13-15-6-4-14(5-7-15)3-2-12-22-27(24,25)17-10-8-16(9-11-17)19(20)21/h4-11,22H,2-3,12-13H2,1H3,(H3,20,21). The quantitative estimate of drug-likeness (QED) is 0.260. The summed E-state index contributed by atoms with van der Waals surface area (Å²) in [6.07, 6.45) is 1.59. The first-order valence-corrected chi connectivity index (χ1v) is 9.89. The number of benzene rings is 2. The fourth-order valence-electron chi connectivity index (χ4n) is 2.46. The highest BCUT2D eigenvalue weighted by molar-refractivity contribution is 7.89. The van der Waals surface area contributed by atoms with Crippen LogP contribution in [-0.2, 0) is 32.4 Å². The van der Waals surface area contributed by atoms with Crippen LogP contribution in [0.5, 0.6) is 0 Å². The van der Waals surface area contributed by atoms with Crippen molar-refractivity contribution in [3.05, 3.63) is 65.2 Å². The number of carbonyl (C=O) groups is 1. The highest BCUT2D eigenvalue weighted by atomic mass is 32.2. The van der Waals surface area contributed by atoms with E-state index in [1.54, 1.807) is 0 Å². The van der Waals surface area contributed by atoms with Crippen LogP contribution in [0.1, 0.15) is 23.1 Å². The van der Waals surface area contributed by atoms with Crippen LogP contribution >= 0.6 is 0 Å². The third-order valence-electron chi connectivity index (χ3n) is 4.01. The number of aryl methyl sites for hydroxylation is 1. The summed E-state index contributed by atoms with van der Waals surface area (Å²) < 4.78 is 31.7. The molecule has 0 radical (unpaired) electrons. The molecule has 0 spiro atoms. The van der Waals surface area contributed by atoms with E-state index in [9.17, 15) is 13.2 Å². The second-order valence-corrected chi connectivity index (χ2v) is 7.78. The summed E-state index contributed by atoms with van der Waals surface area (Å²) in [5.41, 5.74) is 7.78. The third-order valence-corrected chi connectivity index (χ3v) is 5.49. The topological polar surface area (TPSA) is 122 Å². The molecular weight excluding hydrogens is 366 g/mol. The highest BCUT2D eigenvalue weighted by Gasteiger charge is 2.13. The summed E-state index contributed by atoms with van der Waals surface area (Å²) in [5.74, 6) is -0.391. The van der Waals surface area contributed by atoms with E-state index in [4.69, 9.17) is 11.1 Å². The lowest BCUT2D eigenvalue weighted by molar-refractivity contribution is -0.139. The molecule has 0 aliphatic heterocycles. The average Bonchev–Trinajstić information content (AvgIpc) is 2.66. The molecule has 4 N–H and O–H groups in total. The monoisotopic (exact) mass is 389 g/mol. The van der Waals surface area contributed by atoms with Crippen LogP contribution in [0.15, 0.2) is 53.4 Å². The number of esters is 1. The lowest BCUT2D eigenvalue weighted by Crippen LogP contribution is -2.25. The Hall–Kier alpha value is -2.71. The second-order valence-electron chi connectivity index (χ2n) is 6.01. The van der Waals surface area contributed by atoms with E-state index in [1.165, 1.54) is 31.4 Å². The van der Waals surface area contributed by atoms with E-state index in [-0.39, 0.29) is 23.1 Å². The molecule has 0 atom stereocenters. The van der Waals surface area contributed by atoms with E-state index < -0.39 is 10.0 Å². The van der Waals surface area contributed by atoms with Crippen molar-refractivity contribution in [1.29, 1.82) is 5.41 Å². The molecule has 2 aromatic rings. The third kappa shape index (κ3) is 6.19. The fourth-order valence-corrected chi connectivity index (χ4v) is 3.53. The maximum absolute atomic E-state index is 12.3. The number of methoxy groups -OCH3 is 1. The summed E-state index contributed by atoms with van der Waals surface area (Å²) in [4.78, 5) is 11.4. The predicted octanol–water partition coefficient (Wildman–Crippen LogP) is 1.60. The maximum atomic E-state index is 12.3. The molecule has 8 heteroatoms. The van der Waals surface area contributed by atoms with E-state index in [0.29, 0.717) is 24.9 Å². The summed E-state index contributed by atoms with van der Waals surface area (Å²) in [7, 11) is -2.24. The number of hydrogen-bond donors (Lipinski definition) is 3. The first-order chi connectivity index (χ1) is 12.8. The number of ether oxygens (including phenoxy) is 1. The lowest BCUT2D eigenvalue weighted by Gasteiger charge is -2.08. The Balaban J connectivity index is 1.83. The molecule has 0 saturated heterocycles. The molecule has 0 aromatic heterocycles. The summed E-state index contributed by atoms with van der Waals surface area (Å²) >= 11 is 0. The predicted molar refractivity (Wildman–Crippen MR) is 103 cm³/mol. The zero-order chi connectivity index (χ0) is 19.9. The number of sulfonamides is 1. The van der Waals surface area contributed by atoms with E-state index >= 15 is 0 Å². The summed E-state index contributed by atoms with van der Waals surface area (Å²) in [5, 5.41) is 7.33. The second kappa shape index (κ2) is 9.29. The van der Waals surface area contributed by atoms with Gasteiger partial charge >= 0.3 is 5.97 Å². The van der Waals surface area contributed by atoms with Gasteiger partial charge in [0, 0.05) is 12.1 Å². The minimum atomic E-state index is -3.59. The van der Waals surface area contributed by atoms with Gasteiger partial charge in [0.2, 0.25) is 10.0 Å². The van der Waals surface area contributed by atoms with Gasteiger partial charge in [0.1, 0.15) is 5.84 Å². The van der Waals surface area contributed by atoms with Crippen molar-refractivity contribution in [1.82, 2.24) is 4.72 Å². The van der Waals surface area contributed by atoms with Crippen LogP contribution in [0, 0.1) is 5.41 Å². The maximum Gasteiger partial charge on any atom is 0.309 e. The zero-order valence-corrected chi connectivity index (χ0v) is 15.9. The molecule has 0 bridgehead atoms. The molecule has 7 nitrogen and oxygen atoms in total. The number of carbonyl (C=O) groups excluding carboxylic acids is 1. The molecule has 0 heterocycles. The Morgan fingerprint density at radius 2 is 1.67 bits per heavy atom. The van der Waals surface area contributed by atoms with Gasteiger partial charge < -0.3 is 10.5 Å². The number of nitrogen functional groups attached to an aromatic ring is 1. The number of rotatable bonds is 9. The van der Waals surface area contributed by atoms with Crippen LogP contribution in [0.25, 0.3) is 0 Å². The van der Waals surface area contributed by atoms with Crippen LogP contribution < -0.4 is 10.5 Å². The minimum Gasteiger partial charge on any atom is -0.469 e. The molecule has 0 amide bonds. The lowest BCUT2D eigenvalue weighted by atomic mass is 10.1. The van der Waals surface area contributed by atoms with Gasteiger partial charge in [-0.2, -0.15) is 0 Å². The largest absolute Gasteiger partial charge is 0.469 e. The van der Waals surface area contributed by atoms with Crippen molar-refractivity contribution < 1.29 is 17.9 Å². The van der Waals surface area contributed by atoms with Crippen molar-refractivity contribution in [2.24, 2.45) is 5.73 Å². The van der Waals surface area contributed by atoms with E-state index in [1.807, 2.05) is 24.3 Å². The number of nitrogens with one attached hydrogen (secondary N) is 2. The molecule has 0 unspecified atom stereocenters. The van der Waals surface area contributed by atoms with Gasteiger partial charge in [-0.25, -0.2) is 13.1 Å². The van der Waals surface area contributed by atoms with Crippen molar-refractivity contribution in [3.63, 3.8) is 0 Å². The normalized spacial score (nSPS) is 11.1. The Morgan fingerprint density at radius 3 is 2.22 bits per heavy atom. The molecule has 0 fully saturated rings. The number of nitrogens with two attached hydrogens (primary N) is 1. The smallest absolute Gasteiger partial charge is 0.309 e. The van der Waals surface area contributed by atoms with Gasteiger partial charge in [0.05, 0.1) is 18.4 Å². The van der Waals surface area contributed by atoms with Crippen molar-refractivity contribution >= 4 is 21.8 Å². The van der Waals surface area contributed by atoms with Gasteiger partial charge in [0.15, 0.2) is 0 Å². The van der Waals surface area contributed by atoms with Crippen LogP contribution in [-0.4, -0.2) is 33.9 Å². The number of hydrogen-bond acceptors (Lipinski definition) is 5. The fraction of sp³-hybridized carbons (Fsp3) is 0.263. The Kier molecular flexibility index (Phi) is 7.09.